The molecule has 1 aromatic rings. The molecule has 0 amide bonds. The van der Waals surface area contributed by atoms with Crippen molar-refractivity contribution in [2.24, 2.45) is 5.73 Å². The minimum absolute atomic E-state index is 0.271. The van der Waals surface area contributed by atoms with Gasteiger partial charge in [-0.15, -0.1) is 0 Å². The molecule has 0 heterocycles. The van der Waals surface area contributed by atoms with Crippen LogP contribution in [0, 0.1) is 0 Å². The predicted octanol–water partition coefficient (Wildman–Crippen LogP) is 1.96. The van der Waals surface area contributed by atoms with Gasteiger partial charge in [0, 0.05) is 6.42 Å². The van der Waals surface area contributed by atoms with Crippen molar-refractivity contribution in [2.75, 3.05) is 0 Å². The van der Waals surface area contributed by atoms with Crippen molar-refractivity contribution in [3.63, 3.8) is 0 Å². The quantitative estimate of drug-likeness (QED) is 0.836. The summed E-state index contributed by atoms with van der Waals surface area (Å²) in [6, 6.07) is 6.68. The largest absolute Gasteiger partial charge is 0.490 e. The first kappa shape index (κ1) is 12.9. The summed E-state index contributed by atoms with van der Waals surface area (Å²) in [5.41, 5.74) is 6.44. The van der Waals surface area contributed by atoms with Crippen LogP contribution in [0.2, 0.25) is 0 Å². The zero-order valence-corrected chi connectivity index (χ0v) is 10.3. The van der Waals surface area contributed by atoms with Gasteiger partial charge in [0.05, 0.1) is 6.10 Å². The molecular formula is C14H19NO3. The Morgan fingerprint density at radius 2 is 2.06 bits per heavy atom. The number of aliphatic carboxylic acids is 1. The Labute approximate surface area is 107 Å². The molecule has 0 saturated heterocycles. The molecule has 1 aliphatic carbocycles. The monoisotopic (exact) mass is 249 g/mol. The van der Waals surface area contributed by atoms with Gasteiger partial charge < -0.3 is 15.6 Å². The first-order valence-electron chi connectivity index (χ1n) is 6.40. The molecule has 1 atom stereocenters. The third-order valence-corrected chi connectivity index (χ3v) is 3.33. The van der Waals surface area contributed by atoms with Gasteiger partial charge >= 0.3 is 5.97 Å². The second-order valence-electron chi connectivity index (χ2n) is 4.78. The number of ether oxygens (including phenoxy) is 1. The van der Waals surface area contributed by atoms with Gasteiger partial charge in [0.2, 0.25) is 0 Å². The lowest BCUT2D eigenvalue weighted by atomic mass is 10.1. The van der Waals surface area contributed by atoms with Crippen LogP contribution >= 0.6 is 0 Å². The Morgan fingerprint density at radius 3 is 2.72 bits per heavy atom. The summed E-state index contributed by atoms with van der Waals surface area (Å²) in [6.45, 7) is 0. The van der Waals surface area contributed by atoms with E-state index in [1.165, 1.54) is 12.8 Å². The van der Waals surface area contributed by atoms with Crippen LogP contribution in [0.15, 0.2) is 24.3 Å². The standard InChI is InChI=1S/C14H19NO3/c15-12(14(16)17)9-10-5-1-4-8-13(10)18-11-6-2-3-7-11/h1,4-5,8,11-12H,2-3,6-7,9,15H2,(H,16,17). The van der Waals surface area contributed by atoms with E-state index in [-0.39, 0.29) is 6.10 Å². The van der Waals surface area contributed by atoms with Gasteiger partial charge in [-0.05, 0) is 37.3 Å². The summed E-state index contributed by atoms with van der Waals surface area (Å²) in [4.78, 5) is 10.8. The smallest absolute Gasteiger partial charge is 0.320 e. The Bertz CT molecular complexity index is 413. The molecule has 98 valence electrons. The molecule has 1 unspecified atom stereocenters. The first-order chi connectivity index (χ1) is 8.66. The highest BCUT2D eigenvalue weighted by atomic mass is 16.5. The number of carboxylic acid groups (broad SMARTS) is 1. The maximum Gasteiger partial charge on any atom is 0.320 e. The maximum absolute atomic E-state index is 10.8. The van der Waals surface area contributed by atoms with Crippen molar-refractivity contribution in [1.82, 2.24) is 0 Å². The summed E-state index contributed by atoms with van der Waals surface area (Å²) >= 11 is 0. The number of hydrogen-bond donors (Lipinski definition) is 2. The van der Waals surface area contributed by atoms with Gasteiger partial charge in [-0.3, -0.25) is 4.79 Å². The minimum Gasteiger partial charge on any atom is -0.490 e. The van der Waals surface area contributed by atoms with E-state index in [0.717, 1.165) is 24.2 Å². The topological polar surface area (TPSA) is 72.5 Å². The van der Waals surface area contributed by atoms with Crippen LogP contribution in [-0.2, 0) is 11.2 Å². The van der Waals surface area contributed by atoms with Crippen molar-refractivity contribution in [2.45, 2.75) is 44.2 Å². The Hall–Kier alpha value is -1.55. The van der Waals surface area contributed by atoms with Crippen molar-refractivity contribution in [1.29, 1.82) is 0 Å². The number of rotatable bonds is 5. The zero-order valence-electron chi connectivity index (χ0n) is 10.3. The van der Waals surface area contributed by atoms with Gasteiger partial charge in [-0.25, -0.2) is 0 Å². The molecule has 1 fully saturated rings. The SMILES string of the molecule is NC(Cc1ccccc1OC1CCCC1)C(=O)O. The molecule has 0 spiro atoms. The lowest BCUT2D eigenvalue weighted by Crippen LogP contribution is -2.32. The summed E-state index contributed by atoms with van der Waals surface area (Å²) in [6.07, 6.45) is 5.16. The molecule has 1 aromatic carbocycles. The molecule has 0 radical (unpaired) electrons. The van der Waals surface area contributed by atoms with Gasteiger partial charge in [-0.1, -0.05) is 18.2 Å². The van der Waals surface area contributed by atoms with E-state index in [1.54, 1.807) is 0 Å². The van der Waals surface area contributed by atoms with E-state index in [0.29, 0.717) is 6.42 Å². The Morgan fingerprint density at radius 1 is 1.39 bits per heavy atom. The zero-order chi connectivity index (χ0) is 13.0. The lowest BCUT2D eigenvalue weighted by Gasteiger charge is -2.17. The van der Waals surface area contributed by atoms with Crippen LogP contribution < -0.4 is 10.5 Å². The Balaban J connectivity index is 2.06. The fourth-order valence-corrected chi connectivity index (χ4v) is 2.30. The average Bonchev–Trinajstić information content (AvgIpc) is 2.84. The molecule has 4 nitrogen and oxygen atoms in total. The molecule has 3 N–H and O–H groups in total. The molecule has 2 rings (SSSR count). The van der Waals surface area contributed by atoms with Gasteiger partial charge in [-0.2, -0.15) is 0 Å². The highest BCUT2D eigenvalue weighted by molar-refractivity contribution is 5.73. The number of carboxylic acids is 1. The van der Waals surface area contributed by atoms with Crippen LogP contribution in [0.5, 0.6) is 5.75 Å². The van der Waals surface area contributed by atoms with Gasteiger partial charge in [0.1, 0.15) is 11.8 Å². The first-order valence-corrected chi connectivity index (χ1v) is 6.40. The van der Waals surface area contributed by atoms with Crippen LogP contribution in [0.25, 0.3) is 0 Å². The molecule has 4 heteroatoms. The van der Waals surface area contributed by atoms with Crippen molar-refractivity contribution in [3.05, 3.63) is 29.8 Å². The second kappa shape index (κ2) is 5.87. The van der Waals surface area contributed by atoms with E-state index in [2.05, 4.69) is 0 Å². The molecule has 0 bridgehead atoms. The third kappa shape index (κ3) is 3.23. The van der Waals surface area contributed by atoms with E-state index in [1.807, 2.05) is 24.3 Å². The maximum atomic E-state index is 10.8. The molecule has 1 aliphatic rings. The number of para-hydroxylation sites is 1. The summed E-state index contributed by atoms with van der Waals surface area (Å²) < 4.78 is 5.94. The third-order valence-electron chi connectivity index (χ3n) is 3.33. The number of hydrogen-bond acceptors (Lipinski definition) is 3. The molecule has 0 aromatic heterocycles. The van der Waals surface area contributed by atoms with E-state index in [9.17, 15) is 4.79 Å². The molecule has 1 saturated carbocycles. The fraction of sp³-hybridized carbons (Fsp3) is 0.500. The van der Waals surface area contributed by atoms with Gasteiger partial charge in [0.15, 0.2) is 0 Å². The van der Waals surface area contributed by atoms with E-state index < -0.39 is 12.0 Å². The number of nitrogens with two attached hydrogens (primary N) is 1. The van der Waals surface area contributed by atoms with Crippen LogP contribution in [0.4, 0.5) is 0 Å². The normalized spacial score (nSPS) is 17.6. The lowest BCUT2D eigenvalue weighted by molar-refractivity contribution is -0.138. The van der Waals surface area contributed by atoms with Gasteiger partial charge in [0.25, 0.3) is 0 Å². The van der Waals surface area contributed by atoms with Crippen molar-refractivity contribution < 1.29 is 14.6 Å². The fourth-order valence-electron chi connectivity index (χ4n) is 2.30. The van der Waals surface area contributed by atoms with Crippen LogP contribution in [0.3, 0.4) is 0 Å². The molecule has 0 aliphatic heterocycles. The highest BCUT2D eigenvalue weighted by Crippen LogP contribution is 2.27. The second-order valence-corrected chi connectivity index (χ2v) is 4.78. The Kier molecular flexibility index (Phi) is 4.20. The molecular weight excluding hydrogens is 230 g/mol. The van der Waals surface area contributed by atoms with E-state index in [4.69, 9.17) is 15.6 Å². The minimum atomic E-state index is -0.981. The summed E-state index contributed by atoms with van der Waals surface area (Å²) in [7, 11) is 0. The summed E-state index contributed by atoms with van der Waals surface area (Å²) in [5.74, 6) is -0.202. The van der Waals surface area contributed by atoms with E-state index >= 15 is 0 Å². The van der Waals surface area contributed by atoms with Crippen molar-refractivity contribution >= 4 is 5.97 Å². The summed E-state index contributed by atoms with van der Waals surface area (Å²) in [5, 5.41) is 8.85. The average molecular weight is 249 g/mol. The predicted molar refractivity (Wildman–Crippen MR) is 68.6 cm³/mol. The number of carbonyl (C=O) groups is 1. The van der Waals surface area contributed by atoms with Crippen molar-refractivity contribution in [3.8, 4) is 5.75 Å². The van der Waals surface area contributed by atoms with Crippen LogP contribution in [0.1, 0.15) is 31.2 Å². The highest BCUT2D eigenvalue weighted by Gasteiger charge is 2.19. The number of benzene rings is 1. The van der Waals surface area contributed by atoms with Crippen LogP contribution in [-0.4, -0.2) is 23.2 Å². The molecule has 18 heavy (non-hydrogen) atoms.